The first kappa shape index (κ1) is 18.1. The average Bonchev–Trinajstić information content (AvgIpc) is 2.50. The maximum atomic E-state index is 12.1. The van der Waals surface area contributed by atoms with Crippen molar-refractivity contribution in [2.45, 2.75) is 26.2 Å². The zero-order valence-corrected chi connectivity index (χ0v) is 14.0. The topological polar surface area (TPSA) is 61.4 Å². The number of nitrogens with zero attached hydrogens (tertiary/aromatic N) is 1. The van der Waals surface area contributed by atoms with Gasteiger partial charge in [0.2, 0.25) is 0 Å². The van der Waals surface area contributed by atoms with Crippen LogP contribution in [0.5, 0.6) is 0 Å². The van der Waals surface area contributed by atoms with Crippen LogP contribution in [0.3, 0.4) is 0 Å². The van der Waals surface area contributed by atoms with Crippen molar-refractivity contribution in [3.63, 3.8) is 0 Å². The van der Waals surface area contributed by atoms with E-state index >= 15 is 0 Å². The second kappa shape index (κ2) is 9.15. The van der Waals surface area contributed by atoms with Gasteiger partial charge in [-0.25, -0.2) is 4.72 Å². The fraction of sp³-hybridized carbons (Fsp3) is 0.600. The Hall–Kier alpha value is -0.950. The molecule has 0 saturated heterocycles. The monoisotopic (exact) mass is 313 g/mol. The van der Waals surface area contributed by atoms with Gasteiger partial charge in [0, 0.05) is 20.1 Å². The Bertz CT molecular complexity index is 491. The third-order valence-electron chi connectivity index (χ3n) is 3.43. The molecule has 1 rings (SSSR count). The molecule has 2 N–H and O–H groups in total. The van der Waals surface area contributed by atoms with Crippen LogP contribution in [0.15, 0.2) is 30.3 Å². The van der Waals surface area contributed by atoms with E-state index in [0.717, 1.165) is 25.1 Å². The quantitative estimate of drug-likeness (QED) is 0.644. The van der Waals surface area contributed by atoms with Crippen LogP contribution in [0.2, 0.25) is 0 Å². The molecule has 0 radical (unpaired) electrons. The van der Waals surface area contributed by atoms with Crippen LogP contribution in [-0.4, -0.2) is 45.9 Å². The Morgan fingerprint density at radius 2 is 1.90 bits per heavy atom. The molecule has 6 heteroatoms. The van der Waals surface area contributed by atoms with Gasteiger partial charge in [0.15, 0.2) is 0 Å². The summed E-state index contributed by atoms with van der Waals surface area (Å²) in [6.45, 7) is 6.71. The third kappa shape index (κ3) is 6.56. The highest BCUT2D eigenvalue weighted by molar-refractivity contribution is 7.87. The van der Waals surface area contributed by atoms with E-state index in [1.165, 1.54) is 4.31 Å². The molecule has 0 aromatic heterocycles. The van der Waals surface area contributed by atoms with E-state index < -0.39 is 10.2 Å². The van der Waals surface area contributed by atoms with Gasteiger partial charge in [-0.1, -0.05) is 44.2 Å². The van der Waals surface area contributed by atoms with Gasteiger partial charge in [0.25, 0.3) is 10.2 Å². The molecule has 21 heavy (non-hydrogen) atoms. The minimum atomic E-state index is -3.39. The fourth-order valence-electron chi connectivity index (χ4n) is 1.96. The summed E-state index contributed by atoms with van der Waals surface area (Å²) in [5, 5.41) is 3.18. The Kier molecular flexibility index (Phi) is 7.88. The molecule has 0 fully saturated rings. The Balaban J connectivity index is 2.41. The van der Waals surface area contributed by atoms with Gasteiger partial charge in [0.05, 0.1) is 0 Å². The highest BCUT2D eigenvalue weighted by Crippen LogP contribution is 2.13. The van der Waals surface area contributed by atoms with Gasteiger partial charge < -0.3 is 5.32 Å². The lowest BCUT2D eigenvalue weighted by molar-refractivity contribution is 0.444. The molecule has 0 saturated carbocycles. The lowest BCUT2D eigenvalue weighted by Crippen LogP contribution is -2.40. The van der Waals surface area contributed by atoms with Gasteiger partial charge in [-0.05, 0) is 31.0 Å². The highest BCUT2D eigenvalue weighted by atomic mass is 32.2. The van der Waals surface area contributed by atoms with Crippen LogP contribution >= 0.6 is 0 Å². The molecule has 0 bridgehead atoms. The van der Waals surface area contributed by atoms with E-state index in [0.29, 0.717) is 13.1 Å². The Morgan fingerprint density at radius 3 is 2.52 bits per heavy atom. The average molecular weight is 313 g/mol. The van der Waals surface area contributed by atoms with Crippen molar-refractivity contribution in [1.29, 1.82) is 0 Å². The fourth-order valence-corrected chi connectivity index (χ4v) is 3.01. The number of benzene rings is 1. The minimum Gasteiger partial charge on any atom is -0.317 e. The Morgan fingerprint density at radius 1 is 1.24 bits per heavy atom. The molecular formula is C15H27N3O2S. The summed E-state index contributed by atoms with van der Waals surface area (Å²) in [4.78, 5) is 0. The van der Waals surface area contributed by atoms with Gasteiger partial charge >= 0.3 is 0 Å². The summed E-state index contributed by atoms with van der Waals surface area (Å²) in [6.07, 6.45) is 0.805. The molecule has 1 aromatic carbocycles. The number of hydrogen-bond donors (Lipinski definition) is 2. The number of nitrogens with one attached hydrogen (secondary N) is 2. The first-order valence-electron chi connectivity index (χ1n) is 7.44. The lowest BCUT2D eigenvalue weighted by atomic mass is 10.0. The largest absolute Gasteiger partial charge is 0.317 e. The predicted octanol–water partition coefficient (Wildman–Crippen LogP) is 1.56. The van der Waals surface area contributed by atoms with Gasteiger partial charge in [0.1, 0.15) is 0 Å². The normalized spacial score (nSPS) is 13.5. The van der Waals surface area contributed by atoms with Crippen molar-refractivity contribution in [3.05, 3.63) is 35.9 Å². The SMILES string of the molecule is CCNCCCN(C)S(=O)(=O)NCC(C)c1ccccc1. The van der Waals surface area contributed by atoms with E-state index in [-0.39, 0.29) is 5.92 Å². The Labute approximate surface area is 128 Å². The first-order valence-corrected chi connectivity index (χ1v) is 8.88. The lowest BCUT2D eigenvalue weighted by Gasteiger charge is -2.19. The van der Waals surface area contributed by atoms with E-state index in [9.17, 15) is 8.42 Å². The smallest absolute Gasteiger partial charge is 0.279 e. The van der Waals surface area contributed by atoms with Crippen LogP contribution in [0.25, 0.3) is 0 Å². The van der Waals surface area contributed by atoms with Crippen LogP contribution < -0.4 is 10.0 Å². The first-order chi connectivity index (χ1) is 9.97. The molecule has 120 valence electrons. The molecule has 5 nitrogen and oxygen atoms in total. The van der Waals surface area contributed by atoms with Crippen molar-refractivity contribution >= 4 is 10.2 Å². The number of rotatable bonds is 10. The molecule has 0 aliphatic carbocycles. The standard InChI is InChI=1S/C15H27N3O2S/c1-4-16-11-8-12-18(3)21(19,20)17-13-14(2)15-9-6-5-7-10-15/h5-7,9-10,14,16-17H,4,8,11-13H2,1-3H3. The summed E-state index contributed by atoms with van der Waals surface area (Å²) >= 11 is 0. The molecule has 0 spiro atoms. The van der Waals surface area contributed by atoms with Gasteiger partial charge in [-0.15, -0.1) is 0 Å². The second-order valence-corrected chi connectivity index (χ2v) is 7.06. The van der Waals surface area contributed by atoms with E-state index in [2.05, 4.69) is 10.0 Å². The molecule has 0 aliphatic heterocycles. The van der Waals surface area contributed by atoms with Crippen molar-refractivity contribution in [1.82, 2.24) is 14.3 Å². The summed E-state index contributed by atoms with van der Waals surface area (Å²) in [5.41, 5.74) is 1.13. The molecular weight excluding hydrogens is 286 g/mol. The molecule has 0 heterocycles. The maximum absolute atomic E-state index is 12.1. The molecule has 0 amide bonds. The van der Waals surface area contributed by atoms with Crippen LogP contribution in [0.4, 0.5) is 0 Å². The third-order valence-corrected chi connectivity index (χ3v) is 4.96. The van der Waals surface area contributed by atoms with Gasteiger partial charge in [-0.2, -0.15) is 12.7 Å². The van der Waals surface area contributed by atoms with Crippen LogP contribution in [-0.2, 0) is 10.2 Å². The van der Waals surface area contributed by atoms with Crippen LogP contribution in [0.1, 0.15) is 31.7 Å². The summed E-state index contributed by atoms with van der Waals surface area (Å²) in [5.74, 6) is 0.149. The molecule has 1 unspecified atom stereocenters. The van der Waals surface area contributed by atoms with Crippen molar-refractivity contribution < 1.29 is 8.42 Å². The van der Waals surface area contributed by atoms with Crippen molar-refractivity contribution in [3.8, 4) is 0 Å². The van der Waals surface area contributed by atoms with Gasteiger partial charge in [-0.3, -0.25) is 0 Å². The van der Waals surface area contributed by atoms with E-state index in [1.807, 2.05) is 44.2 Å². The zero-order valence-electron chi connectivity index (χ0n) is 13.2. The molecule has 1 atom stereocenters. The second-order valence-electron chi connectivity index (χ2n) is 5.19. The van der Waals surface area contributed by atoms with E-state index in [1.54, 1.807) is 7.05 Å². The highest BCUT2D eigenvalue weighted by Gasteiger charge is 2.18. The molecule has 0 aliphatic rings. The zero-order chi connectivity index (χ0) is 15.7. The van der Waals surface area contributed by atoms with E-state index in [4.69, 9.17) is 0 Å². The number of hydrogen-bond acceptors (Lipinski definition) is 3. The maximum Gasteiger partial charge on any atom is 0.279 e. The molecule has 1 aromatic rings. The summed E-state index contributed by atoms with van der Waals surface area (Å²) in [6, 6.07) is 9.91. The summed E-state index contributed by atoms with van der Waals surface area (Å²) < 4.78 is 28.3. The minimum absolute atomic E-state index is 0.149. The van der Waals surface area contributed by atoms with Crippen molar-refractivity contribution in [2.24, 2.45) is 0 Å². The van der Waals surface area contributed by atoms with Crippen molar-refractivity contribution in [2.75, 3.05) is 33.2 Å². The summed E-state index contributed by atoms with van der Waals surface area (Å²) in [7, 11) is -1.78. The predicted molar refractivity (Wildman–Crippen MR) is 87.6 cm³/mol. The van der Waals surface area contributed by atoms with Crippen LogP contribution in [0, 0.1) is 0 Å².